The lowest BCUT2D eigenvalue weighted by Crippen LogP contribution is -2.25. The number of carbonyl (C=O) groups excluding carboxylic acids is 2. The van der Waals surface area contributed by atoms with Crippen molar-refractivity contribution in [2.75, 3.05) is 23.9 Å². The number of amides is 2. The molecule has 1 aliphatic rings. The van der Waals surface area contributed by atoms with Crippen LogP contribution < -0.4 is 15.0 Å². The standard InChI is InChI=1S/C38H41N5O3S4/c1-37(2,3)31-19-47-35(40-31)42-33(44)29-13-12-28(50-29)26-16-22-15-24(9-10-25(22)39-26)46-18-21-8-11-27-23(14-21)17-30(49-27)34(45)43(7)36-41-32(20-48-36)38(4,5)6/h9-10,12-13,15-17,19-21,39H,8,11,14,18H2,1-7H3,(H,40,42,44). The Morgan fingerprint density at radius 1 is 0.940 bits per heavy atom. The molecule has 8 nitrogen and oxygen atoms in total. The summed E-state index contributed by atoms with van der Waals surface area (Å²) in [5, 5.41) is 9.40. The number of aromatic nitrogens is 3. The van der Waals surface area contributed by atoms with Crippen LogP contribution in [0.15, 0.2) is 53.2 Å². The van der Waals surface area contributed by atoms with Gasteiger partial charge in [-0.1, -0.05) is 41.5 Å². The van der Waals surface area contributed by atoms with Crippen molar-refractivity contribution in [1.82, 2.24) is 15.0 Å². The van der Waals surface area contributed by atoms with Gasteiger partial charge in [-0.15, -0.1) is 45.3 Å². The number of rotatable bonds is 8. The Morgan fingerprint density at radius 2 is 1.70 bits per heavy atom. The van der Waals surface area contributed by atoms with Gasteiger partial charge in [0.05, 0.1) is 38.3 Å². The predicted molar refractivity (Wildman–Crippen MR) is 209 cm³/mol. The van der Waals surface area contributed by atoms with Crippen molar-refractivity contribution in [3.63, 3.8) is 0 Å². The number of fused-ring (bicyclic) bond motifs is 2. The third-order valence-corrected chi connectivity index (χ3v) is 12.9. The molecule has 5 aromatic heterocycles. The second kappa shape index (κ2) is 13.4. The molecule has 2 N–H and O–H groups in total. The maximum atomic E-state index is 13.4. The minimum atomic E-state index is -0.152. The molecule has 0 spiro atoms. The summed E-state index contributed by atoms with van der Waals surface area (Å²) in [7, 11) is 1.82. The van der Waals surface area contributed by atoms with Crippen LogP contribution in [0.4, 0.5) is 10.3 Å². The number of hydrogen-bond acceptors (Lipinski definition) is 9. The molecule has 50 heavy (non-hydrogen) atoms. The largest absolute Gasteiger partial charge is 0.493 e. The molecule has 12 heteroatoms. The highest BCUT2D eigenvalue weighted by Crippen LogP contribution is 2.36. The van der Waals surface area contributed by atoms with E-state index in [9.17, 15) is 9.59 Å². The molecule has 1 aromatic carbocycles. The van der Waals surface area contributed by atoms with Gasteiger partial charge in [-0.3, -0.25) is 19.8 Å². The topological polar surface area (TPSA) is 100 Å². The Labute approximate surface area is 308 Å². The Kier molecular flexibility index (Phi) is 9.25. The smallest absolute Gasteiger partial charge is 0.269 e. The molecule has 6 aromatic rings. The quantitative estimate of drug-likeness (QED) is 0.162. The van der Waals surface area contributed by atoms with Gasteiger partial charge in [0.25, 0.3) is 11.8 Å². The molecular formula is C38H41N5O3S4. The average Bonchev–Trinajstić information content (AvgIpc) is 3.90. The Balaban J connectivity index is 0.958. The second-order valence-corrected chi connectivity index (χ2v) is 18.9. The Morgan fingerprint density at radius 3 is 2.44 bits per heavy atom. The summed E-state index contributed by atoms with van der Waals surface area (Å²) in [5.41, 5.74) is 5.09. The minimum absolute atomic E-state index is 0.00129. The maximum absolute atomic E-state index is 13.4. The lowest BCUT2D eigenvalue weighted by Gasteiger charge is -2.22. The molecule has 0 saturated heterocycles. The van der Waals surface area contributed by atoms with Crippen molar-refractivity contribution in [3.8, 4) is 16.3 Å². The summed E-state index contributed by atoms with van der Waals surface area (Å²) in [4.78, 5) is 44.6. The van der Waals surface area contributed by atoms with Gasteiger partial charge in [-0.25, -0.2) is 9.97 Å². The van der Waals surface area contributed by atoms with E-state index in [1.54, 1.807) is 16.2 Å². The van der Waals surface area contributed by atoms with Crippen molar-refractivity contribution in [2.24, 2.45) is 5.92 Å². The van der Waals surface area contributed by atoms with E-state index in [1.807, 2.05) is 42.1 Å². The van der Waals surface area contributed by atoms with E-state index in [2.05, 4.69) is 75.0 Å². The summed E-state index contributed by atoms with van der Waals surface area (Å²) in [6.07, 6.45) is 2.89. The van der Waals surface area contributed by atoms with Crippen molar-refractivity contribution in [2.45, 2.75) is 71.6 Å². The first-order chi connectivity index (χ1) is 23.7. The lowest BCUT2D eigenvalue weighted by molar-refractivity contribution is 0.0994. The third-order valence-electron chi connectivity index (χ3n) is 8.91. The van der Waals surface area contributed by atoms with Crippen LogP contribution in [-0.4, -0.2) is 40.4 Å². The molecule has 0 aliphatic heterocycles. The lowest BCUT2D eigenvalue weighted by atomic mass is 9.89. The van der Waals surface area contributed by atoms with Crippen LogP contribution in [0, 0.1) is 5.92 Å². The van der Waals surface area contributed by atoms with Crippen LogP contribution >= 0.6 is 45.3 Å². The van der Waals surface area contributed by atoms with Crippen LogP contribution in [0.2, 0.25) is 0 Å². The fraction of sp³-hybridized carbons (Fsp3) is 0.368. The summed E-state index contributed by atoms with van der Waals surface area (Å²) in [6, 6.07) is 14.1. The zero-order valence-electron chi connectivity index (χ0n) is 29.3. The normalized spacial score (nSPS) is 14.9. The summed E-state index contributed by atoms with van der Waals surface area (Å²) in [6.45, 7) is 13.3. The number of thiazole rings is 2. The number of anilines is 2. The van der Waals surface area contributed by atoms with Crippen LogP contribution in [-0.2, 0) is 23.7 Å². The molecule has 0 bridgehead atoms. The number of nitrogens with zero attached hydrogens (tertiary/aromatic N) is 3. The fourth-order valence-corrected chi connectivity index (χ4v) is 9.85. The van der Waals surface area contributed by atoms with Crippen LogP contribution in [0.3, 0.4) is 0 Å². The van der Waals surface area contributed by atoms with Crippen molar-refractivity contribution in [3.05, 3.63) is 84.8 Å². The number of thiophene rings is 2. The first-order valence-corrected chi connectivity index (χ1v) is 20.1. The predicted octanol–water partition coefficient (Wildman–Crippen LogP) is 10.2. The zero-order valence-corrected chi connectivity index (χ0v) is 32.6. The number of ether oxygens (including phenoxy) is 1. The molecule has 5 heterocycles. The van der Waals surface area contributed by atoms with Crippen molar-refractivity contribution in [1.29, 1.82) is 0 Å². The number of aromatic amines is 1. The first kappa shape index (κ1) is 34.6. The van der Waals surface area contributed by atoms with Crippen LogP contribution in [0.1, 0.15) is 89.1 Å². The van der Waals surface area contributed by atoms with Gasteiger partial charge < -0.3 is 9.72 Å². The molecule has 1 unspecified atom stereocenters. The van der Waals surface area contributed by atoms with Gasteiger partial charge in [0.15, 0.2) is 10.3 Å². The van der Waals surface area contributed by atoms with Crippen molar-refractivity contribution < 1.29 is 14.3 Å². The molecule has 260 valence electrons. The number of aryl methyl sites for hydroxylation is 1. The summed E-state index contributed by atoms with van der Waals surface area (Å²) >= 11 is 6.03. The van der Waals surface area contributed by atoms with E-state index in [4.69, 9.17) is 9.72 Å². The summed E-state index contributed by atoms with van der Waals surface area (Å²) in [5.74, 6) is 1.06. The van der Waals surface area contributed by atoms with Crippen molar-refractivity contribution >= 4 is 78.3 Å². The number of benzene rings is 1. The average molecular weight is 744 g/mol. The molecule has 7 rings (SSSR count). The van der Waals surface area contributed by atoms with Crippen LogP contribution in [0.25, 0.3) is 21.5 Å². The SMILES string of the molecule is CN(C(=O)c1cc2c(s1)CCC(COc1ccc3[nH]c(-c4ccc(C(=O)Nc5nc(C(C)(C)C)cs5)s4)cc3c1)C2)c1nc(C(C)(C)C)cs1. The highest BCUT2D eigenvalue weighted by atomic mass is 32.1. The summed E-state index contributed by atoms with van der Waals surface area (Å²) < 4.78 is 6.33. The highest BCUT2D eigenvalue weighted by Gasteiger charge is 2.27. The van der Waals surface area contributed by atoms with E-state index in [-0.39, 0.29) is 22.6 Å². The highest BCUT2D eigenvalue weighted by molar-refractivity contribution is 7.18. The molecule has 2 amide bonds. The molecule has 1 atom stereocenters. The van der Waals surface area contributed by atoms with E-state index in [0.717, 1.165) is 67.9 Å². The number of nitrogens with one attached hydrogen (secondary N) is 2. The van der Waals surface area contributed by atoms with Gasteiger partial charge in [0, 0.05) is 44.4 Å². The number of H-pyrrole nitrogens is 1. The molecule has 0 radical (unpaired) electrons. The van der Waals surface area contributed by atoms with E-state index in [1.165, 1.54) is 44.5 Å². The Bertz CT molecular complexity index is 2190. The molecule has 0 fully saturated rings. The maximum Gasteiger partial charge on any atom is 0.269 e. The fourth-order valence-electron chi connectivity index (χ4n) is 5.85. The molecule has 0 saturated carbocycles. The van der Waals surface area contributed by atoms with E-state index in [0.29, 0.717) is 22.5 Å². The molecular weight excluding hydrogens is 703 g/mol. The molecule has 1 aliphatic carbocycles. The van der Waals surface area contributed by atoms with Gasteiger partial charge in [-0.2, -0.15) is 0 Å². The van der Waals surface area contributed by atoms with Gasteiger partial charge in [0.2, 0.25) is 0 Å². The van der Waals surface area contributed by atoms with Crippen LogP contribution in [0.5, 0.6) is 5.75 Å². The number of carbonyl (C=O) groups is 2. The second-order valence-electron chi connectivity index (χ2n) is 14.9. The first-order valence-electron chi connectivity index (χ1n) is 16.7. The minimum Gasteiger partial charge on any atom is -0.493 e. The third kappa shape index (κ3) is 7.30. The van der Waals surface area contributed by atoms with Gasteiger partial charge in [0.1, 0.15) is 5.75 Å². The van der Waals surface area contributed by atoms with E-state index < -0.39 is 0 Å². The van der Waals surface area contributed by atoms with Gasteiger partial charge in [-0.05, 0) is 73.2 Å². The van der Waals surface area contributed by atoms with E-state index >= 15 is 0 Å². The monoisotopic (exact) mass is 743 g/mol. The number of hydrogen-bond donors (Lipinski definition) is 2. The van der Waals surface area contributed by atoms with Gasteiger partial charge >= 0.3 is 0 Å². The zero-order chi connectivity index (χ0) is 35.4. The Hall–Kier alpha value is -3.84.